The molecule has 1 N–H and O–H groups in total. The van der Waals surface area contributed by atoms with E-state index < -0.39 is 5.97 Å². The van der Waals surface area contributed by atoms with Gasteiger partial charge < -0.3 is 9.84 Å². The summed E-state index contributed by atoms with van der Waals surface area (Å²) in [6.07, 6.45) is 1.65. The van der Waals surface area contributed by atoms with Crippen LogP contribution >= 0.6 is 11.3 Å². The second kappa shape index (κ2) is 6.63. The van der Waals surface area contributed by atoms with Gasteiger partial charge in [-0.05, 0) is 6.42 Å². The molecule has 1 heterocycles. The van der Waals surface area contributed by atoms with E-state index in [-0.39, 0.29) is 11.0 Å². The van der Waals surface area contributed by atoms with Crippen LogP contribution < -0.4 is 0 Å². The largest absolute Gasteiger partial charge is 0.477 e. The van der Waals surface area contributed by atoms with Crippen LogP contribution in [-0.2, 0) is 4.74 Å². The van der Waals surface area contributed by atoms with E-state index in [1.165, 1.54) is 11.3 Å². The lowest BCUT2D eigenvalue weighted by Gasteiger charge is -2.10. The Labute approximate surface area is 122 Å². The molecule has 0 bridgehead atoms. The van der Waals surface area contributed by atoms with E-state index in [1.54, 1.807) is 7.11 Å². The van der Waals surface area contributed by atoms with Crippen molar-refractivity contribution in [2.75, 3.05) is 7.11 Å². The van der Waals surface area contributed by atoms with Crippen LogP contribution in [-0.4, -0.2) is 23.2 Å². The number of rotatable bonds is 6. The first-order chi connectivity index (χ1) is 9.67. The molecule has 0 spiro atoms. The minimum Gasteiger partial charge on any atom is -0.477 e. The van der Waals surface area contributed by atoms with Gasteiger partial charge in [0.05, 0.1) is 5.69 Å². The molecule has 2 rings (SSSR count). The van der Waals surface area contributed by atoms with Gasteiger partial charge in [-0.2, -0.15) is 0 Å². The number of methoxy groups -OCH3 is 1. The molecule has 0 amide bonds. The third-order valence-corrected chi connectivity index (χ3v) is 4.13. The number of benzene rings is 1. The molecule has 1 aromatic heterocycles. The molecule has 0 aliphatic rings. The topological polar surface area (TPSA) is 59.4 Å². The summed E-state index contributed by atoms with van der Waals surface area (Å²) in [4.78, 5) is 16.2. The molecule has 4 nitrogen and oxygen atoms in total. The third-order valence-electron chi connectivity index (χ3n) is 3.00. The molecule has 0 radical (unpaired) electrons. The number of carboxylic acid groups (broad SMARTS) is 1. The minimum atomic E-state index is -0.945. The number of aromatic carboxylic acids is 1. The monoisotopic (exact) mass is 291 g/mol. The second-order valence-electron chi connectivity index (χ2n) is 4.41. The van der Waals surface area contributed by atoms with E-state index in [0.717, 1.165) is 23.4 Å². The van der Waals surface area contributed by atoms with Gasteiger partial charge in [-0.3, -0.25) is 0 Å². The van der Waals surface area contributed by atoms with Crippen molar-refractivity contribution in [2.45, 2.75) is 25.9 Å². The highest BCUT2D eigenvalue weighted by molar-refractivity contribution is 7.14. The molecule has 0 fully saturated rings. The van der Waals surface area contributed by atoms with Crippen LogP contribution in [0.5, 0.6) is 0 Å². The number of nitrogens with zero attached hydrogens (tertiary/aromatic N) is 1. The van der Waals surface area contributed by atoms with Gasteiger partial charge in [0.15, 0.2) is 0 Å². The predicted octanol–water partition coefficient (Wildman–Crippen LogP) is 4.00. The van der Waals surface area contributed by atoms with E-state index >= 15 is 0 Å². The summed E-state index contributed by atoms with van der Waals surface area (Å²) in [5.74, 6) is -0.945. The van der Waals surface area contributed by atoms with Gasteiger partial charge in [0.2, 0.25) is 0 Å². The van der Waals surface area contributed by atoms with Crippen molar-refractivity contribution >= 4 is 17.3 Å². The van der Waals surface area contributed by atoms with Crippen LogP contribution in [0.4, 0.5) is 0 Å². The fourth-order valence-electron chi connectivity index (χ4n) is 2.02. The maximum absolute atomic E-state index is 11.4. The van der Waals surface area contributed by atoms with Gasteiger partial charge in [0, 0.05) is 12.7 Å². The Kier molecular flexibility index (Phi) is 4.87. The van der Waals surface area contributed by atoms with Gasteiger partial charge >= 0.3 is 5.97 Å². The predicted molar refractivity (Wildman–Crippen MR) is 79.2 cm³/mol. The van der Waals surface area contributed by atoms with E-state index in [4.69, 9.17) is 4.74 Å². The Morgan fingerprint density at radius 3 is 2.65 bits per heavy atom. The van der Waals surface area contributed by atoms with Crippen molar-refractivity contribution in [3.8, 4) is 11.3 Å². The number of carboxylic acids is 1. The zero-order valence-corrected chi connectivity index (χ0v) is 12.3. The number of hydrogen-bond acceptors (Lipinski definition) is 4. The molecule has 2 aromatic rings. The van der Waals surface area contributed by atoms with Crippen LogP contribution in [0, 0.1) is 0 Å². The highest BCUT2D eigenvalue weighted by Crippen LogP contribution is 2.33. The molecule has 1 unspecified atom stereocenters. The maximum atomic E-state index is 11.4. The minimum absolute atomic E-state index is 0.138. The van der Waals surface area contributed by atoms with Crippen LogP contribution in [0.25, 0.3) is 11.3 Å². The Morgan fingerprint density at radius 1 is 1.40 bits per heavy atom. The van der Waals surface area contributed by atoms with E-state index in [0.29, 0.717) is 5.69 Å². The van der Waals surface area contributed by atoms with Crippen molar-refractivity contribution in [3.05, 3.63) is 40.2 Å². The zero-order valence-electron chi connectivity index (χ0n) is 11.5. The summed E-state index contributed by atoms with van der Waals surface area (Å²) >= 11 is 1.20. The smallest absolute Gasteiger partial charge is 0.348 e. The lowest BCUT2D eigenvalue weighted by Crippen LogP contribution is -2.00. The second-order valence-corrected chi connectivity index (χ2v) is 5.44. The Balaban J connectivity index is 2.46. The van der Waals surface area contributed by atoms with Gasteiger partial charge in [-0.1, -0.05) is 43.7 Å². The molecule has 106 valence electrons. The summed E-state index contributed by atoms with van der Waals surface area (Å²) < 4.78 is 5.42. The first kappa shape index (κ1) is 14.7. The number of ether oxygens (including phenoxy) is 1. The van der Waals surface area contributed by atoms with Crippen molar-refractivity contribution in [1.82, 2.24) is 4.98 Å². The quantitative estimate of drug-likeness (QED) is 0.874. The molecule has 0 aliphatic carbocycles. The summed E-state index contributed by atoms with van der Waals surface area (Å²) in [6, 6.07) is 9.38. The van der Waals surface area contributed by atoms with Crippen LogP contribution in [0.1, 0.15) is 40.5 Å². The maximum Gasteiger partial charge on any atom is 0.348 e. The normalized spacial score (nSPS) is 12.3. The fraction of sp³-hybridized carbons (Fsp3) is 0.333. The highest BCUT2D eigenvalue weighted by Gasteiger charge is 2.22. The van der Waals surface area contributed by atoms with E-state index in [2.05, 4.69) is 11.9 Å². The Hall–Kier alpha value is -1.72. The van der Waals surface area contributed by atoms with Gasteiger partial charge in [-0.15, -0.1) is 11.3 Å². The number of hydrogen-bond donors (Lipinski definition) is 1. The van der Waals surface area contributed by atoms with Crippen molar-refractivity contribution < 1.29 is 14.6 Å². The van der Waals surface area contributed by atoms with Crippen molar-refractivity contribution in [3.63, 3.8) is 0 Å². The van der Waals surface area contributed by atoms with Gasteiger partial charge in [0.1, 0.15) is 16.0 Å². The van der Waals surface area contributed by atoms with Crippen LogP contribution in [0.3, 0.4) is 0 Å². The molecular formula is C15H17NO3S. The standard InChI is InChI=1S/C15H17NO3S/c1-3-7-11(19-2)14-16-12(13(20-14)15(17)18)10-8-5-4-6-9-10/h4-6,8-9,11H,3,7H2,1-2H3,(H,17,18). The summed E-state index contributed by atoms with van der Waals surface area (Å²) in [7, 11) is 1.63. The molecule has 1 atom stereocenters. The molecule has 5 heteroatoms. The summed E-state index contributed by atoms with van der Waals surface area (Å²) in [5.41, 5.74) is 1.34. The molecule has 0 saturated carbocycles. The van der Waals surface area contributed by atoms with Gasteiger partial charge in [0.25, 0.3) is 0 Å². The molecule has 0 saturated heterocycles. The average molecular weight is 291 g/mol. The van der Waals surface area contributed by atoms with E-state index in [1.807, 2.05) is 30.3 Å². The molecule has 1 aromatic carbocycles. The highest BCUT2D eigenvalue weighted by atomic mass is 32.1. The third kappa shape index (κ3) is 3.05. The zero-order chi connectivity index (χ0) is 14.5. The lowest BCUT2D eigenvalue weighted by atomic mass is 10.1. The first-order valence-electron chi connectivity index (χ1n) is 6.49. The van der Waals surface area contributed by atoms with Crippen LogP contribution in [0.15, 0.2) is 30.3 Å². The molecular weight excluding hydrogens is 274 g/mol. The number of thiazole rings is 1. The van der Waals surface area contributed by atoms with Crippen LogP contribution in [0.2, 0.25) is 0 Å². The summed E-state index contributed by atoms with van der Waals surface area (Å²) in [6.45, 7) is 2.07. The first-order valence-corrected chi connectivity index (χ1v) is 7.31. The Morgan fingerprint density at radius 2 is 2.10 bits per heavy atom. The van der Waals surface area contributed by atoms with E-state index in [9.17, 15) is 9.90 Å². The lowest BCUT2D eigenvalue weighted by molar-refractivity contribution is 0.0702. The number of carbonyl (C=O) groups is 1. The van der Waals surface area contributed by atoms with Crippen molar-refractivity contribution in [2.24, 2.45) is 0 Å². The summed E-state index contributed by atoms with van der Waals surface area (Å²) in [5, 5.41) is 10.1. The van der Waals surface area contributed by atoms with Gasteiger partial charge in [-0.25, -0.2) is 9.78 Å². The molecule has 20 heavy (non-hydrogen) atoms. The SMILES string of the molecule is CCCC(OC)c1nc(-c2ccccc2)c(C(=O)O)s1. The number of aromatic nitrogens is 1. The fourth-order valence-corrected chi connectivity index (χ4v) is 3.05. The van der Waals surface area contributed by atoms with Crippen molar-refractivity contribution in [1.29, 1.82) is 0 Å². The average Bonchev–Trinajstić information content (AvgIpc) is 2.91. The Bertz CT molecular complexity index is 580. The molecule has 0 aliphatic heterocycles.